The summed E-state index contributed by atoms with van der Waals surface area (Å²) in [5.41, 5.74) is 0.148. The second-order valence-corrected chi connectivity index (χ2v) is 18.2. The minimum absolute atomic E-state index is 0.0161. The van der Waals surface area contributed by atoms with Crippen LogP contribution in [0.2, 0.25) is 0 Å². The monoisotopic (exact) mass is 988 g/mol. The molecular formula is C46H68O23. The van der Waals surface area contributed by atoms with Crippen molar-refractivity contribution in [2.45, 2.75) is 178 Å². The lowest BCUT2D eigenvalue weighted by atomic mass is 9.76. The number of phenolic OH excluding ortho intramolecular Hbond substituents is 2. The SMILES string of the molecule is CO[C@H](C(=O)O)[C@@H]1Cc2cc3cc(O[C@H]4CC(O[C@H]5CC(O)[C@H](O)C(C)O5)[C@H](O)C(C)O4)c(C)c(O)c3c(O)c2C(=O)[C@H]1O[C@H]1C[C@@H](OCOC(C)[C@H](O)COCOC(C)[C@@H](O)CO)[C@H](O)C(C)O1. The van der Waals surface area contributed by atoms with Crippen molar-refractivity contribution in [3.8, 4) is 17.2 Å². The number of ether oxygens (including phenoxy) is 11. The molecule has 2 aromatic rings. The minimum atomic E-state index is -1.59. The van der Waals surface area contributed by atoms with Crippen molar-refractivity contribution in [2.24, 2.45) is 5.92 Å². The van der Waals surface area contributed by atoms with Crippen LogP contribution in [0.15, 0.2) is 12.1 Å². The zero-order valence-corrected chi connectivity index (χ0v) is 39.6. The first kappa shape index (κ1) is 54.9. The molecule has 69 heavy (non-hydrogen) atoms. The molecule has 0 aromatic heterocycles. The number of hydrogen-bond donors (Lipinski definition) is 10. The van der Waals surface area contributed by atoms with Crippen LogP contribution in [0.4, 0.5) is 0 Å². The predicted octanol–water partition coefficient (Wildman–Crippen LogP) is -0.147. The van der Waals surface area contributed by atoms with Crippen molar-refractivity contribution in [3.05, 3.63) is 28.8 Å². The average molecular weight is 989 g/mol. The first-order valence-corrected chi connectivity index (χ1v) is 23.0. The van der Waals surface area contributed by atoms with E-state index in [4.69, 9.17) is 57.2 Å². The third kappa shape index (κ3) is 12.6. The van der Waals surface area contributed by atoms with Crippen LogP contribution < -0.4 is 4.74 Å². The van der Waals surface area contributed by atoms with Gasteiger partial charge in [-0.15, -0.1) is 0 Å². The van der Waals surface area contributed by atoms with E-state index in [9.17, 15) is 55.5 Å². The van der Waals surface area contributed by atoms with Gasteiger partial charge in [0.05, 0.1) is 73.0 Å². The van der Waals surface area contributed by atoms with E-state index < -0.39 is 153 Å². The van der Waals surface area contributed by atoms with Gasteiger partial charge in [0.25, 0.3) is 0 Å². The first-order chi connectivity index (χ1) is 32.6. The van der Waals surface area contributed by atoms with Gasteiger partial charge >= 0.3 is 5.97 Å². The lowest BCUT2D eigenvalue weighted by Gasteiger charge is -2.42. The number of carbonyl (C=O) groups excluding carboxylic acids is 1. The standard InChI is InChI=1S/C46H68O23/c1-18-30(67-34-13-32(41(54)23(6)65-34)68-33-11-27(48)39(52)21(4)64-33)10-25-8-24-9-26(45(59-7)46(57)58)44(43(56)37(24)42(55)36(25)38(18)51)69-35-12-31(40(53)22(5)66-35)63-17-62-20(3)29(50)15-60-16-61-19(2)28(49)14-47/h8,10,19-23,26-29,31-35,39-41,44-45,47-55H,9,11-17H2,1-7H3,(H,57,58)/t19?,20?,21?,22?,23?,26-,27?,28+,29-,31-,32?,33+,34+,35+,39-,40-,41-,44+,45+/m1/s1. The second kappa shape index (κ2) is 23.9. The normalized spacial score (nSPS) is 34.1. The fourth-order valence-electron chi connectivity index (χ4n) is 8.96. The smallest absolute Gasteiger partial charge is 0.333 e. The van der Waals surface area contributed by atoms with E-state index in [2.05, 4.69) is 0 Å². The molecule has 6 rings (SSSR count). The lowest BCUT2D eigenvalue weighted by molar-refractivity contribution is -0.298. The summed E-state index contributed by atoms with van der Waals surface area (Å²) in [5, 5.41) is 105. The van der Waals surface area contributed by atoms with Gasteiger partial charge in [-0.05, 0) is 71.0 Å². The maximum atomic E-state index is 14.6. The molecule has 1 aliphatic carbocycles. The molecular weight excluding hydrogens is 920 g/mol. The number of aromatic hydroxyl groups is 2. The van der Waals surface area contributed by atoms with Gasteiger partial charge in [0.2, 0.25) is 6.29 Å². The van der Waals surface area contributed by atoms with Gasteiger partial charge in [0.15, 0.2) is 24.5 Å². The van der Waals surface area contributed by atoms with Gasteiger partial charge in [-0.3, -0.25) is 4.79 Å². The summed E-state index contributed by atoms with van der Waals surface area (Å²) < 4.78 is 63.5. The molecule has 4 aliphatic rings. The Morgan fingerprint density at radius 1 is 0.797 bits per heavy atom. The molecule has 0 spiro atoms. The molecule has 23 heteroatoms. The van der Waals surface area contributed by atoms with Crippen LogP contribution in [0.5, 0.6) is 17.2 Å². The number of aliphatic hydroxyl groups is 7. The van der Waals surface area contributed by atoms with Gasteiger partial charge in [0.1, 0.15) is 67.5 Å². The Kier molecular flexibility index (Phi) is 19.0. The van der Waals surface area contributed by atoms with Crippen molar-refractivity contribution < 1.29 is 113 Å². The Bertz CT molecular complexity index is 2030. The molecule has 3 fully saturated rings. The lowest BCUT2D eigenvalue weighted by Crippen LogP contribution is -2.53. The van der Waals surface area contributed by atoms with Crippen molar-refractivity contribution in [1.29, 1.82) is 0 Å². The Morgan fingerprint density at radius 3 is 2.03 bits per heavy atom. The van der Waals surface area contributed by atoms with E-state index in [1.54, 1.807) is 27.7 Å². The predicted molar refractivity (Wildman–Crippen MR) is 234 cm³/mol. The van der Waals surface area contributed by atoms with Crippen LogP contribution in [-0.4, -0.2) is 207 Å². The molecule has 390 valence electrons. The molecule has 0 amide bonds. The van der Waals surface area contributed by atoms with E-state index in [1.165, 1.54) is 33.1 Å². The maximum absolute atomic E-state index is 14.6. The number of rotatable bonds is 21. The second-order valence-electron chi connectivity index (χ2n) is 18.2. The molecule has 23 nitrogen and oxygen atoms in total. The Morgan fingerprint density at radius 2 is 1.39 bits per heavy atom. The number of aliphatic hydroxyl groups excluding tert-OH is 7. The van der Waals surface area contributed by atoms with Crippen molar-refractivity contribution in [2.75, 3.05) is 33.9 Å². The van der Waals surface area contributed by atoms with Gasteiger partial charge in [-0.1, -0.05) is 0 Å². The summed E-state index contributed by atoms with van der Waals surface area (Å²) in [6.07, 6.45) is -19.4. The molecule has 3 saturated heterocycles. The molecule has 3 heterocycles. The quantitative estimate of drug-likeness (QED) is 0.0574. The van der Waals surface area contributed by atoms with E-state index in [0.717, 1.165) is 0 Å². The molecule has 0 bridgehead atoms. The number of carboxylic acids is 1. The Balaban J connectivity index is 1.16. The maximum Gasteiger partial charge on any atom is 0.333 e. The Hall–Kier alpha value is -3.44. The van der Waals surface area contributed by atoms with E-state index in [-0.39, 0.29) is 72.3 Å². The highest BCUT2D eigenvalue weighted by atomic mass is 16.7. The number of benzene rings is 2. The number of carbonyl (C=O) groups is 2. The third-order valence-electron chi connectivity index (χ3n) is 13.3. The van der Waals surface area contributed by atoms with E-state index in [0.29, 0.717) is 0 Å². The molecule has 19 atom stereocenters. The fourth-order valence-corrected chi connectivity index (χ4v) is 8.96. The van der Waals surface area contributed by atoms with Crippen LogP contribution >= 0.6 is 0 Å². The number of carboxylic acid groups (broad SMARTS) is 1. The van der Waals surface area contributed by atoms with Crippen molar-refractivity contribution in [3.63, 3.8) is 0 Å². The first-order valence-electron chi connectivity index (χ1n) is 23.0. The number of phenols is 2. The third-order valence-corrected chi connectivity index (χ3v) is 13.3. The van der Waals surface area contributed by atoms with Gasteiger partial charge in [0, 0.05) is 37.9 Å². The van der Waals surface area contributed by atoms with Gasteiger partial charge in [-0.2, -0.15) is 0 Å². The number of fused-ring (bicyclic) bond motifs is 2. The highest BCUT2D eigenvalue weighted by Crippen LogP contribution is 2.47. The van der Waals surface area contributed by atoms with E-state index >= 15 is 0 Å². The van der Waals surface area contributed by atoms with E-state index in [1.807, 2.05) is 0 Å². The molecule has 10 N–H and O–H groups in total. The highest BCUT2D eigenvalue weighted by molar-refractivity contribution is 6.11. The molecule has 0 saturated carbocycles. The average Bonchev–Trinajstić information content (AvgIpc) is 3.29. The van der Waals surface area contributed by atoms with Gasteiger partial charge < -0.3 is 103 Å². The van der Waals surface area contributed by atoms with Crippen LogP contribution in [0.25, 0.3) is 10.8 Å². The van der Waals surface area contributed by atoms with Crippen LogP contribution in [0.1, 0.15) is 75.4 Å². The topological polar surface area (TPSA) is 338 Å². The summed E-state index contributed by atoms with van der Waals surface area (Å²) in [5.74, 6) is -4.32. The van der Waals surface area contributed by atoms with Gasteiger partial charge in [-0.25, -0.2) is 4.79 Å². The molecule has 0 radical (unpaired) electrons. The summed E-state index contributed by atoms with van der Waals surface area (Å²) in [6, 6.07) is 3.04. The van der Waals surface area contributed by atoms with Crippen LogP contribution in [0.3, 0.4) is 0 Å². The summed E-state index contributed by atoms with van der Waals surface area (Å²) >= 11 is 0. The number of ketones is 1. The number of aliphatic carboxylic acids is 1. The zero-order valence-electron chi connectivity index (χ0n) is 39.6. The summed E-state index contributed by atoms with van der Waals surface area (Å²) in [7, 11) is 1.17. The van der Waals surface area contributed by atoms with Crippen molar-refractivity contribution in [1.82, 2.24) is 0 Å². The number of methoxy groups -OCH3 is 1. The Labute approximate surface area is 398 Å². The minimum Gasteiger partial charge on any atom is -0.507 e. The highest BCUT2D eigenvalue weighted by Gasteiger charge is 2.49. The zero-order chi connectivity index (χ0) is 50.6. The largest absolute Gasteiger partial charge is 0.507 e. The molecule has 7 unspecified atom stereocenters. The fraction of sp³-hybridized carbons (Fsp3) is 0.739. The van der Waals surface area contributed by atoms with Crippen molar-refractivity contribution >= 4 is 22.5 Å². The van der Waals surface area contributed by atoms with Crippen LogP contribution in [-0.2, 0) is 58.6 Å². The van der Waals surface area contributed by atoms with Crippen LogP contribution in [0, 0.1) is 12.8 Å². The molecule has 2 aromatic carbocycles. The molecule has 3 aliphatic heterocycles. The summed E-state index contributed by atoms with van der Waals surface area (Å²) in [4.78, 5) is 27.2. The number of Topliss-reactive ketones (excluding diaryl/α,β-unsaturated/α-hetero) is 1. The summed E-state index contributed by atoms with van der Waals surface area (Å²) in [6.45, 7) is 7.99. The number of hydrogen-bond acceptors (Lipinski definition) is 22.